The van der Waals surface area contributed by atoms with Crippen molar-refractivity contribution in [3.05, 3.63) is 35.5 Å². The maximum atomic E-state index is 11.8. The lowest BCUT2D eigenvalue weighted by Gasteiger charge is -2.13. The van der Waals surface area contributed by atoms with Gasteiger partial charge in [-0.1, -0.05) is 18.2 Å². The molecule has 26 heavy (non-hydrogen) atoms. The van der Waals surface area contributed by atoms with Crippen LogP contribution in [0.2, 0.25) is 0 Å². The van der Waals surface area contributed by atoms with Crippen molar-refractivity contribution in [2.75, 3.05) is 45.7 Å². The lowest BCUT2D eigenvalue weighted by atomic mass is 10.1. The van der Waals surface area contributed by atoms with Gasteiger partial charge >= 0.3 is 0 Å². The van der Waals surface area contributed by atoms with Gasteiger partial charge in [-0.3, -0.25) is 4.79 Å². The van der Waals surface area contributed by atoms with Gasteiger partial charge in [0.2, 0.25) is 5.91 Å². The molecule has 1 aromatic heterocycles. The first-order valence-corrected chi connectivity index (χ1v) is 10.2. The second kappa shape index (κ2) is 10.1. The Hall–Kier alpha value is -2.15. The molecule has 0 aliphatic carbocycles. The van der Waals surface area contributed by atoms with Crippen LogP contribution in [-0.2, 0) is 11.2 Å². The molecule has 0 fully saturated rings. The molecule has 6 nitrogen and oxygen atoms in total. The van der Waals surface area contributed by atoms with Gasteiger partial charge in [0, 0.05) is 50.0 Å². The summed E-state index contributed by atoms with van der Waals surface area (Å²) in [7, 11) is 3.48. The summed E-state index contributed by atoms with van der Waals surface area (Å²) in [6, 6.07) is 6.35. The van der Waals surface area contributed by atoms with Gasteiger partial charge in [0.15, 0.2) is 5.96 Å². The van der Waals surface area contributed by atoms with E-state index in [4.69, 9.17) is 0 Å². The molecule has 3 N–H and O–H groups in total. The lowest BCUT2D eigenvalue weighted by molar-refractivity contribution is -0.127. The van der Waals surface area contributed by atoms with Crippen LogP contribution in [0, 0.1) is 6.92 Å². The number of aryl methyl sites for hydroxylation is 1. The van der Waals surface area contributed by atoms with Crippen LogP contribution in [0.5, 0.6) is 0 Å². The number of benzene rings is 1. The zero-order valence-electron chi connectivity index (χ0n) is 16.1. The number of rotatable bonds is 8. The van der Waals surface area contributed by atoms with E-state index >= 15 is 0 Å². The van der Waals surface area contributed by atoms with E-state index in [2.05, 4.69) is 58.2 Å². The first kappa shape index (κ1) is 20.2. The normalized spacial score (nSPS) is 11.6. The molecule has 0 radical (unpaired) electrons. The summed E-state index contributed by atoms with van der Waals surface area (Å²) in [4.78, 5) is 21.1. The molecule has 7 heteroatoms. The predicted molar refractivity (Wildman–Crippen MR) is 112 cm³/mol. The number of likely N-dealkylation sites (N-methyl/N-ethyl adjacent to an activating group) is 1. The van der Waals surface area contributed by atoms with E-state index in [0.717, 1.165) is 25.3 Å². The van der Waals surface area contributed by atoms with E-state index in [1.54, 1.807) is 30.8 Å². The van der Waals surface area contributed by atoms with Gasteiger partial charge in [-0.2, -0.15) is 11.8 Å². The molecular weight excluding hydrogens is 346 g/mol. The van der Waals surface area contributed by atoms with E-state index in [9.17, 15) is 4.79 Å². The number of hydrogen-bond acceptors (Lipinski definition) is 3. The van der Waals surface area contributed by atoms with Crippen molar-refractivity contribution < 1.29 is 4.79 Å². The molecule has 0 unspecified atom stereocenters. The van der Waals surface area contributed by atoms with E-state index in [1.807, 2.05) is 0 Å². The van der Waals surface area contributed by atoms with Gasteiger partial charge in [0.1, 0.15) is 6.54 Å². The monoisotopic (exact) mass is 375 g/mol. The maximum Gasteiger partial charge on any atom is 0.243 e. The van der Waals surface area contributed by atoms with Crippen molar-refractivity contribution in [2.24, 2.45) is 4.99 Å². The fourth-order valence-corrected chi connectivity index (χ4v) is 2.93. The summed E-state index contributed by atoms with van der Waals surface area (Å²) in [5.74, 6) is 1.66. The summed E-state index contributed by atoms with van der Waals surface area (Å²) < 4.78 is 0. The highest BCUT2D eigenvalue weighted by atomic mass is 32.2. The Morgan fingerprint density at radius 2 is 2.04 bits per heavy atom. The molecule has 0 spiro atoms. The second-order valence-electron chi connectivity index (χ2n) is 6.36. The van der Waals surface area contributed by atoms with E-state index in [0.29, 0.717) is 5.96 Å². The Balaban J connectivity index is 1.95. The average Bonchev–Trinajstić information content (AvgIpc) is 3.03. The first-order chi connectivity index (χ1) is 12.5. The van der Waals surface area contributed by atoms with Gasteiger partial charge in [-0.05, 0) is 30.7 Å². The second-order valence-corrected chi connectivity index (χ2v) is 7.35. The molecule has 142 valence electrons. The van der Waals surface area contributed by atoms with Crippen LogP contribution < -0.4 is 10.6 Å². The van der Waals surface area contributed by atoms with Crippen molar-refractivity contribution >= 4 is 34.5 Å². The minimum atomic E-state index is -0.0110. The number of H-pyrrole nitrogens is 1. The Labute approximate surface area is 159 Å². The molecule has 0 saturated carbocycles. The predicted octanol–water partition coefficient (Wildman–Crippen LogP) is 2.01. The quantitative estimate of drug-likeness (QED) is 0.375. The Morgan fingerprint density at radius 1 is 1.27 bits per heavy atom. The maximum absolute atomic E-state index is 11.8. The van der Waals surface area contributed by atoms with Crippen molar-refractivity contribution in [1.82, 2.24) is 20.5 Å². The van der Waals surface area contributed by atoms with Gasteiger partial charge < -0.3 is 20.5 Å². The molecular formula is C19H29N5OS. The minimum Gasteiger partial charge on any atom is -0.361 e. The topological polar surface area (TPSA) is 72.5 Å². The highest BCUT2D eigenvalue weighted by molar-refractivity contribution is 7.98. The fourth-order valence-electron chi connectivity index (χ4n) is 2.62. The highest BCUT2D eigenvalue weighted by Gasteiger charge is 2.07. The number of thioether (sulfide) groups is 1. The van der Waals surface area contributed by atoms with E-state index < -0.39 is 0 Å². The number of fused-ring (bicyclic) bond motifs is 1. The van der Waals surface area contributed by atoms with Crippen LogP contribution in [0.4, 0.5) is 0 Å². The van der Waals surface area contributed by atoms with Crippen LogP contribution in [-0.4, -0.2) is 67.5 Å². The summed E-state index contributed by atoms with van der Waals surface area (Å²) in [6.07, 6.45) is 5.03. The van der Waals surface area contributed by atoms with Crippen LogP contribution in [0.1, 0.15) is 11.1 Å². The summed E-state index contributed by atoms with van der Waals surface area (Å²) in [5.41, 5.74) is 3.74. The summed E-state index contributed by atoms with van der Waals surface area (Å²) >= 11 is 1.77. The van der Waals surface area contributed by atoms with Gasteiger partial charge in [-0.15, -0.1) is 0 Å². The molecule has 1 heterocycles. The number of aromatic nitrogens is 1. The van der Waals surface area contributed by atoms with Crippen LogP contribution in [0.3, 0.4) is 0 Å². The largest absolute Gasteiger partial charge is 0.361 e. The Morgan fingerprint density at radius 3 is 2.77 bits per heavy atom. The number of hydrogen-bond donors (Lipinski definition) is 3. The van der Waals surface area contributed by atoms with E-state index in [-0.39, 0.29) is 12.5 Å². The SMILES string of the molecule is CSCCNC(=NCC(=O)N(C)C)NCCc1c[nH]c2c(C)cccc12. The number of guanidine groups is 1. The van der Waals surface area contributed by atoms with Crippen LogP contribution >= 0.6 is 11.8 Å². The van der Waals surface area contributed by atoms with Gasteiger partial charge in [0.25, 0.3) is 0 Å². The number of nitrogens with one attached hydrogen (secondary N) is 3. The molecule has 1 amide bonds. The molecule has 0 saturated heterocycles. The Bertz CT molecular complexity index is 753. The standard InChI is InChI=1S/C19H29N5OS/c1-14-6-5-7-16-15(12-22-18(14)16)8-9-20-19(21-10-11-26-4)23-13-17(25)24(2)3/h5-7,12,22H,8-11,13H2,1-4H3,(H2,20,21,23). The number of carbonyl (C=O) groups excluding carboxylic acids is 1. The fraction of sp³-hybridized carbons (Fsp3) is 0.474. The molecule has 2 rings (SSSR count). The Kier molecular flexibility index (Phi) is 7.84. The first-order valence-electron chi connectivity index (χ1n) is 8.79. The van der Waals surface area contributed by atoms with Crippen molar-refractivity contribution in [1.29, 1.82) is 0 Å². The third-order valence-electron chi connectivity index (χ3n) is 4.17. The van der Waals surface area contributed by atoms with Crippen molar-refractivity contribution in [3.63, 3.8) is 0 Å². The lowest BCUT2D eigenvalue weighted by Crippen LogP contribution is -2.40. The number of para-hydroxylation sites is 1. The van der Waals surface area contributed by atoms with Crippen LogP contribution in [0.15, 0.2) is 29.4 Å². The van der Waals surface area contributed by atoms with Crippen LogP contribution in [0.25, 0.3) is 10.9 Å². The smallest absolute Gasteiger partial charge is 0.243 e. The number of carbonyl (C=O) groups is 1. The summed E-state index contributed by atoms with van der Waals surface area (Å²) in [5, 5.41) is 7.88. The number of nitrogens with zero attached hydrogens (tertiary/aromatic N) is 2. The molecule has 2 aromatic rings. The third kappa shape index (κ3) is 5.69. The average molecular weight is 376 g/mol. The van der Waals surface area contributed by atoms with Gasteiger partial charge in [0.05, 0.1) is 0 Å². The number of aromatic amines is 1. The zero-order chi connectivity index (χ0) is 18.9. The number of amides is 1. The highest BCUT2D eigenvalue weighted by Crippen LogP contribution is 2.21. The van der Waals surface area contributed by atoms with E-state index in [1.165, 1.54) is 22.0 Å². The molecule has 1 aromatic carbocycles. The molecule has 0 aliphatic rings. The van der Waals surface area contributed by atoms with Crippen molar-refractivity contribution in [3.8, 4) is 0 Å². The third-order valence-corrected chi connectivity index (χ3v) is 4.78. The zero-order valence-corrected chi connectivity index (χ0v) is 16.9. The van der Waals surface area contributed by atoms with Gasteiger partial charge in [-0.25, -0.2) is 4.99 Å². The van der Waals surface area contributed by atoms with Crippen molar-refractivity contribution in [2.45, 2.75) is 13.3 Å². The molecule has 0 aliphatic heterocycles. The number of aliphatic imine (C=N–C) groups is 1. The minimum absolute atomic E-state index is 0.0110. The summed E-state index contributed by atoms with van der Waals surface area (Å²) in [6.45, 7) is 3.83. The molecule has 0 atom stereocenters. The molecule has 0 bridgehead atoms.